The van der Waals surface area contributed by atoms with E-state index in [2.05, 4.69) is 11.2 Å². The van der Waals surface area contributed by atoms with Gasteiger partial charge in [0, 0.05) is 12.6 Å². The molecule has 0 saturated carbocycles. The largest absolute Gasteiger partial charge is 0.257 e. The zero-order valence-corrected chi connectivity index (χ0v) is 7.17. The fraction of sp³-hybridized carbons (Fsp3) is 0.556. The van der Waals surface area contributed by atoms with Crippen LogP contribution in [0.3, 0.4) is 0 Å². The molecule has 3 nitrogen and oxygen atoms in total. The summed E-state index contributed by atoms with van der Waals surface area (Å²) in [5.41, 5.74) is 3.08. The van der Waals surface area contributed by atoms with Crippen LogP contribution in [0.2, 0.25) is 0 Å². The second kappa shape index (κ2) is 2.63. The van der Waals surface area contributed by atoms with Crippen molar-refractivity contribution >= 4 is 0 Å². The fourth-order valence-corrected chi connectivity index (χ4v) is 1.82. The zero-order valence-electron chi connectivity index (χ0n) is 7.17. The highest BCUT2D eigenvalue weighted by atomic mass is 15.3. The summed E-state index contributed by atoms with van der Waals surface area (Å²) in [6.45, 7) is 0. The highest BCUT2D eigenvalue weighted by molar-refractivity contribution is 5.36. The Morgan fingerprint density at radius 1 is 1.42 bits per heavy atom. The molecule has 1 heterocycles. The maximum absolute atomic E-state index is 8.85. The molecular weight excluding hydrogens is 150 g/mol. The van der Waals surface area contributed by atoms with Gasteiger partial charge in [-0.15, -0.1) is 0 Å². The predicted molar refractivity (Wildman–Crippen MR) is 44.6 cm³/mol. The molecule has 0 spiro atoms. The van der Waals surface area contributed by atoms with Crippen LogP contribution in [-0.4, -0.2) is 9.78 Å². The minimum atomic E-state index is 0.754. The summed E-state index contributed by atoms with van der Waals surface area (Å²) < 4.78 is 1.70. The van der Waals surface area contributed by atoms with Crippen LogP contribution in [0.15, 0.2) is 0 Å². The number of nitriles is 1. The molecule has 1 aromatic heterocycles. The Hall–Kier alpha value is -1.30. The summed E-state index contributed by atoms with van der Waals surface area (Å²) in [5.74, 6) is 0. The molecule has 3 heteroatoms. The highest BCUT2D eigenvalue weighted by Gasteiger charge is 2.18. The van der Waals surface area contributed by atoms with Crippen LogP contribution in [0.5, 0.6) is 0 Å². The Labute approximate surface area is 71.6 Å². The van der Waals surface area contributed by atoms with E-state index in [1.165, 1.54) is 18.4 Å². The molecule has 0 aliphatic heterocycles. The standard InChI is InChI=1S/C9H11N3/c1-12-9(6-10)7-4-2-3-5-8(7)11-12/h2-5H2,1H3. The molecule has 0 aromatic carbocycles. The molecule has 1 aromatic rings. The third-order valence-electron chi connectivity index (χ3n) is 2.42. The van der Waals surface area contributed by atoms with Crippen LogP contribution in [0.25, 0.3) is 0 Å². The number of aryl methyl sites for hydroxylation is 2. The van der Waals surface area contributed by atoms with Gasteiger partial charge in [0.25, 0.3) is 0 Å². The van der Waals surface area contributed by atoms with Crippen LogP contribution >= 0.6 is 0 Å². The minimum absolute atomic E-state index is 0.754. The summed E-state index contributed by atoms with van der Waals surface area (Å²) in [6.07, 6.45) is 4.50. The zero-order chi connectivity index (χ0) is 8.55. The lowest BCUT2D eigenvalue weighted by molar-refractivity contribution is 0.664. The van der Waals surface area contributed by atoms with E-state index in [9.17, 15) is 0 Å². The normalized spacial score (nSPS) is 15.3. The molecule has 12 heavy (non-hydrogen) atoms. The highest BCUT2D eigenvalue weighted by Crippen LogP contribution is 2.22. The van der Waals surface area contributed by atoms with Crippen molar-refractivity contribution in [3.63, 3.8) is 0 Å². The van der Waals surface area contributed by atoms with Crippen molar-refractivity contribution in [2.45, 2.75) is 25.7 Å². The van der Waals surface area contributed by atoms with Crippen molar-refractivity contribution in [3.8, 4) is 6.07 Å². The van der Waals surface area contributed by atoms with Crippen molar-refractivity contribution in [2.75, 3.05) is 0 Å². The van der Waals surface area contributed by atoms with E-state index in [-0.39, 0.29) is 0 Å². The maximum Gasteiger partial charge on any atom is 0.141 e. The molecule has 0 atom stereocenters. The van der Waals surface area contributed by atoms with E-state index in [1.54, 1.807) is 4.68 Å². The number of rotatable bonds is 0. The Morgan fingerprint density at radius 2 is 2.17 bits per heavy atom. The van der Waals surface area contributed by atoms with Crippen LogP contribution in [0.1, 0.15) is 29.8 Å². The SMILES string of the molecule is Cn1nc2c(c1C#N)CCCC2. The molecule has 1 aliphatic carbocycles. The smallest absolute Gasteiger partial charge is 0.141 e. The summed E-state index contributed by atoms with van der Waals surface area (Å²) >= 11 is 0. The number of hydrogen-bond acceptors (Lipinski definition) is 2. The van der Waals surface area contributed by atoms with E-state index in [0.717, 1.165) is 24.2 Å². The molecule has 2 rings (SSSR count). The topological polar surface area (TPSA) is 41.6 Å². The second-order valence-electron chi connectivity index (χ2n) is 3.22. The molecule has 0 bridgehead atoms. The third-order valence-corrected chi connectivity index (χ3v) is 2.42. The van der Waals surface area contributed by atoms with Crippen LogP contribution in [0, 0.1) is 11.3 Å². The first-order chi connectivity index (χ1) is 5.83. The predicted octanol–water partition coefficient (Wildman–Crippen LogP) is 1.17. The van der Waals surface area contributed by atoms with E-state index < -0.39 is 0 Å². The van der Waals surface area contributed by atoms with E-state index >= 15 is 0 Å². The van der Waals surface area contributed by atoms with Crippen molar-refractivity contribution in [3.05, 3.63) is 17.0 Å². The van der Waals surface area contributed by atoms with Crippen LogP contribution < -0.4 is 0 Å². The van der Waals surface area contributed by atoms with Crippen molar-refractivity contribution in [1.29, 1.82) is 5.26 Å². The summed E-state index contributed by atoms with van der Waals surface area (Å²) in [5, 5.41) is 13.2. The van der Waals surface area contributed by atoms with Crippen molar-refractivity contribution < 1.29 is 0 Å². The quantitative estimate of drug-likeness (QED) is 0.573. The Kier molecular flexibility index (Phi) is 1.61. The van der Waals surface area contributed by atoms with Gasteiger partial charge in [-0.1, -0.05) is 0 Å². The van der Waals surface area contributed by atoms with Gasteiger partial charge >= 0.3 is 0 Å². The first kappa shape index (κ1) is 7.35. The number of nitrogens with zero attached hydrogens (tertiary/aromatic N) is 3. The first-order valence-corrected chi connectivity index (χ1v) is 4.28. The van der Waals surface area contributed by atoms with Crippen LogP contribution in [-0.2, 0) is 19.9 Å². The first-order valence-electron chi connectivity index (χ1n) is 4.28. The lowest BCUT2D eigenvalue weighted by Gasteiger charge is -2.07. The van der Waals surface area contributed by atoms with Gasteiger partial charge in [0.15, 0.2) is 0 Å². The number of hydrogen-bond donors (Lipinski definition) is 0. The van der Waals surface area contributed by atoms with Gasteiger partial charge in [-0.2, -0.15) is 10.4 Å². The van der Waals surface area contributed by atoms with Crippen LogP contribution in [0.4, 0.5) is 0 Å². The molecule has 0 fully saturated rings. The number of aromatic nitrogens is 2. The second-order valence-corrected chi connectivity index (χ2v) is 3.22. The van der Waals surface area contributed by atoms with E-state index in [4.69, 9.17) is 5.26 Å². The van der Waals surface area contributed by atoms with Gasteiger partial charge in [0.2, 0.25) is 0 Å². The minimum Gasteiger partial charge on any atom is -0.257 e. The summed E-state index contributed by atoms with van der Waals surface area (Å²) in [7, 11) is 1.84. The molecule has 0 amide bonds. The lowest BCUT2D eigenvalue weighted by Crippen LogP contribution is -2.01. The summed E-state index contributed by atoms with van der Waals surface area (Å²) in [4.78, 5) is 0. The monoisotopic (exact) mass is 161 g/mol. The van der Waals surface area contributed by atoms with Gasteiger partial charge in [0.05, 0.1) is 5.69 Å². The average Bonchev–Trinajstić information content (AvgIpc) is 2.40. The molecular formula is C9H11N3. The van der Waals surface area contributed by atoms with Gasteiger partial charge in [0.1, 0.15) is 11.8 Å². The summed E-state index contributed by atoms with van der Waals surface area (Å²) in [6, 6.07) is 2.20. The lowest BCUT2D eigenvalue weighted by atomic mass is 9.96. The van der Waals surface area contributed by atoms with E-state index in [1.807, 2.05) is 7.05 Å². The van der Waals surface area contributed by atoms with Gasteiger partial charge in [-0.3, -0.25) is 4.68 Å². The van der Waals surface area contributed by atoms with Crippen molar-refractivity contribution in [2.24, 2.45) is 7.05 Å². The van der Waals surface area contributed by atoms with Gasteiger partial charge in [-0.05, 0) is 25.7 Å². The molecule has 0 radical (unpaired) electrons. The molecule has 1 aliphatic rings. The van der Waals surface area contributed by atoms with Gasteiger partial charge < -0.3 is 0 Å². The number of fused-ring (bicyclic) bond motifs is 1. The average molecular weight is 161 g/mol. The van der Waals surface area contributed by atoms with Crippen molar-refractivity contribution in [1.82, 2.24) is 9.78 Å². The third kappa shape index (κ3) is 0.918. The molecule has 0 N–H and O–H groups in total. The molecule has 62 valence electrons. The van der Waals surface area contributed by atoms with Gasteiger partial charge in [-0.25, -0.2) is 0 Å². The van der Waals surface area contributed by atoms with E-state index in [0.29, 0.717) is 0 Å². The Bertz CT molecular complexity index is 343. The Balaban J connectivity index is 2.56. The fourth-order valence-electron chi connectivity index (χ4n) is 1.82. The molecule has 0 unspecified atom stereocenters. The maximum atomic E-state index is 8.85. The Morgan fingerprint density at radius 3 is 2.92 bits per heavy atom. The molecule has 0 saturated heterocycles.